The van der Waals surface area contributed by atoms with Gasteiger partial charge in [-0.25, -0.2) is 4.79 Å². The molecule has 0 radical (unpaired) electrons. The summed E-state index contributed by atoms with van der Waals surface area (Å²) in [6.45, 7) is 0. The third kappa shape index (κ3) is 1.13. The molecular weight excluding hydrogens is 152 g/mol. The molecule has 0 saturated carbocycles. The quantitative estimate of drug-likeness (QED) is 0.423. The van der Waals surface area contributed by atoms with Crippen LogP contribution in [0.1, 0.15) is 10.6 Å². The molecule has 0 atom stereocenters. The first-order chi connectivity index (χ1) is 5.13. The predicted octanol–water partition coefficient (Wildman–Crippen LogP) is -2.88. The second-order valence-corrected chi connectivity index (χ2v) is 1.66. The molecule has 0 aliphatic heterocycles. The van der Waals surface area contributed by atoms with Gasteiger partial charge < -0.3 is 11.5 Å². The van der Waals surface area contributed by atoms with Crippen LogP contribution in [0.3, 0.4) is 0 Å². The highest BCUT2D eigenvalue weighted by Crippen LogP contribution is 1.82. The minimum absolute atomic E-state index is 0.252. The monoisotopic (exact) mass is 157 g/mol. The molecule has 0 unspecified atom stereocenters. The van der Waals surface area contributed by atoms with Crippen molar-refractivity contribution in [3.05, 3.63) is 5.82 Å². The molecule has 11 heavy (non-hydrogen) atoms. The first-order valence-electron chi connectivity index (χ1n) is 2.56. The number of primary amides is 2. The van der Waals surface area contributed by atoms with E-state index in [-0.39, 0.29) is 5.82 Å². The number of nitrogens with two attached hydrogens (primary N) is 2. The smallest absolute Gasteiger partial charge is 0.360 e. The Hall–Kier alpha value is -1.99. The summed E-state index contributed by atoms with van der Waals surface area (Å²) in [7, 11) is 0. The number of nitrogens with one attached hydrogen (secondary N) is 1. The summed E-state index contributed by atoms with van der Waals surface area (Å²) in [5.41, 5.74) is 9.61. The molecular formula is C3H5N6O2+. The van der Waals surface area contributed by atoms with E-state index < -0.39 is 11.9 Å². The number of carbonyl (C=O) groups is 2. The van der Waals surface area contributed by atoms with Crippen molar-refractivity contribution in [2.75, 3.05) is 0 Å². The van der Waals surface area contributed by atoms with Crippen LogP contribution < -0.4 is 16.6 Å². The molecule has 0 bridgehead atoms. The molecule has 1 heterocycles. The molecule has 5 N–H and O–H groups in total. The van der Waals surface area contributed by atoms with Gasteiger partial charge in [0.1, 0.15) is 5.21 Å². The van der Waals surface area contributed by atoms with Gasteiger partial charge in [0, 0.05) is 4.68 Å². The number of carbonyl (C=O) groups excluding carboxylic acids is 2. The van der Waals surface area contributed by atoms with Crippen LogP contribution in [-0.2, 0) is 0 Å². The molecule has 58 valence electrons. The van der Waals surface area contributed by atoms with Gasteiger partial charge in [0.2, 0.25) is 0 Å². The first-order valence-corrected chi connectivity index (χ1v) is 2.56. The van der Waals surface area contributed by atoms with E-state index in [1.807, 2.05) is 0 Å². The standard InChI is InChI=1S/C3H4N6O2/c4-1(10)2-6-7-8-9(2)3(5)11/h(H2,4,10)(H2,5,11)/p+1. The van der Waals surface area contributed by atoms with Crippen molar-refractivity contribution in [1.82, 2.24) is 15.1 Å². The zero-order valence-corrected chi connectivity index (χ0v) is 5.31. The van der Waals surface area contributed by atoms with E-state index in [0.29, 0.717) is 4.68 Å². The van der Waals surface area contributed by atoms with Gasteiger partial charge in [0.15, 0.2) is 5.21 Å². The fourth-order valence-corrected chi connectivity index (χ4v) is 0.520. The van der Waals surface area contributed by atoms with Gasteiger partial charge in [-0.05, 0) is 0 Å². The van der Waals surface area contributed by atoms with Crippen LogP contribution in [0.5, 0.6) is 0 Å². The van der Waals surface area contributed by atoms with Crippen LogP contribution in [0.25, 0.3) is 0 Å². The second-order valence-electron chi connectivity index (χ2n) is 1.66. The minimum Gasteiger partial charge on any atom is -0.360 e. The number of hydrogen-bond acceptors (Lipinski definition) is 4. The Kier molecular flexibility index (Phi) is 1.51. The van der Waals surface area contributed by atoms with Crippen LogP contribution in [0.2, 0.25) is 0 Å². The Morgan fingerprint density at radius 3 is 2.45 bits per heavy atom. The van der Waals surface area contributed by atoms with Crippen LogP contribution in [0, 0.1) is 0 Å². The van der Waals surface area contributed by atoms with Crippen LogP contribution in [0.15, 0.2) is 0 Å². The van der Waals surface area contributed by atoms with Crippen LogP contribution in [0.4, 0.5) is 4.79 Å². The number of rotatable bonds is 1. The highest BCUT2D eigenvalue weighted by atomic mass is 16.2. The topological polar surface area (TPSA) is 131 Å². The summed E-state index contributed by atoms with van der Waals surface area (Å²) < 4.78 is 0.572. The molecule has 1 aromatic rings. The Bertz CT molecular complexity index is 274. The maximum Gasteiger partial charge on any atom is 0.415 e. The molecule has 1 aromatic heterocycles. The van der Waals surface area contributed by atoms with Gasteiger partial charge in [-0.15, -0.1) is 5.10 Å². The number of nitrogens with zero attached hydrogens (tertiary/aromatic N) is 3. The lowest BCUT2D eigenvalue weighted by atomic mass is 10.6. The third-order valence-electron chi connectivity index (χ3n) is 0.944. The van der Waals surface area contributed by atoms with Crippen molar-refractivity contribution in [3.63, 3.8) is 0 Å². The van der Waals surface area contributed by atoms with Crippen LogP contribution in [-0.4, -0.2) is 27.0 Å². The van der Waals surface area contributed by atoms with E-state index in [0.717, 1.165) is 0 Å². The maximum absolute atomic E-state index is 10.5. The number of tetrazole rings is 1. The van der Waals surface area contributed by atoms with E-state index in [1.54, 1.807) is 0 Å². The lowest BCUT2D eigenvalue weighted by molar-refractivity contribution is -0.459. The van der Waals surface area contributed by atoms with E-state index >= 15 is 0 Å². The highest BCUT2D eigenvalue weighted by molar-refractivity contribution is 5.91. The zero-order valence-electron chi connectivity index (χ0n) is 5.31. The highest BCUT2D eigenvalue weighted by Gasteiger charge is 2.23. The van der Waals surface area contributed by atoms with E-state index in [9.17, 15) is 9.59 Å². The van der Waals surface area contributed by atoms with Gasteiger partial charge >= 0.3 is 17.8 Å². The van der Waals surface area contributed by atoms with Crippen molar-refractivity contribution >= 4 is 11.9 Å². The number of amides is 2. The Balaban J connectivity index is 3.16. The van der Waals surface area contributed by atoms with Gasteiger partial charge in [0.25, 0.3) is 0 Å². The summed E-state index contributed by atoms with van der Waals surface area (Å²) in [6.07, 6.45) is 0. The molecule has 0 aromatic carbocycles. The SMILES string of the molecule is NC(=O)c1[nH+]nnn1C(N)=O. The molecule has 1 rings (SSSR count). The number of aromatic nitrogens is 4. The maximum atomic E-state index is 10.5. The van der Waals surface area contributed by atoms with Crippen molar-refractivity contribution in [1.29, 1.82) is 0 Å². The number of aromatic amines is 1. The summed E-state index contributed by atoms with van der Waals surface area (Å²) in [4.78, 5) is 20.9. The second kappa shape index (κ2) is 2.33. The van der Waals surface area contributed by atoms with E-state index in [2.05, 4.69) is 15.5 Å². The normalized spacial score (nSPS) is 9.45. The van der Waals surface area contributed by atoms with Crippen LogP contribution >= 0.6 is 0 Å². The van der Waals surface area contributed by atoms with Gasteiger partial charge in [-0.1, -0.05) is 0 Å². The van der Waals surface area contributed by atoms with E-state index in [4.69, 9.17) is 11.5 Å². The molecule has 0 fully saturated rings. The molecule has 0 spiro atoms. The molecule has 0 aliphatic rings. The number of hydrogen-bond donors (Lipinski definition) is 2. The average molecular weight is 157 g/mol. The van der Waals surface area contributed by atoms with Crippen molar-refractivity contribution < 1.29 is 14.7 Å². The van der Waals surface area contributed by atoms with Gasteiger partial charge in [-0.2, -0.15) is 0 Å². The first kappa shape index (κ1) is 7.12. The zero-order chi connectivity index (χ0) is 8.43. The summed E-state index contributed by atoms with van der Waals surface area (Å²) in [6, 6.07) is -0.924. The largest absolute Gasteiger partial charge is 0.415 e. The Morgan fingerprint density at radius 1 is 1.45 bits per heavy atom. The molecule has 2 amide bonds. The summed E-state index contributed by atoms with van der Waals surface area (Å²) >= 11 is 0. The lowest BCUT2D eigenvalue weighted by Crippen LogP contribution is -2.31. The van der Waals surface area contributed by atoms with Crippen molar-refractivity contribution in [3.8, 4) is 0 Å². The van der Waals surface area contributed by atoms with Gasteiger partial charge in [0.05, 0.1) is 0 Å². The third-order valence-corrected chi connectivity index (χ3v) is 0.944. The molecule has 8 nitrogen and oxygen atoms in total. The fourth-order valence-electron chi connectivity index (χ4n) is 0.520. The van der Waals surface area contributed by atoms with Gasteiger partial charge in [-0.3, -0.25) is 4.79 Å². The summed E-state index contributed by atoms with van der Waals surface area (Å²) in [5.74, 6) is -1.11. The molecule has 0 saturated heterocycles. The van der Waals surface area contributed by atoms with E-state index in [1.165, 1.54) is 0 Å². The summed E-state index contributed by atoms with van der Waals surface area (Å²) in [5, 5.41) is 8.44. The van der Waals surface area contributed by atoms with Crippen molar-refractivity contribution in [2.45, 2.75) is 0 Å². The molecule has 0 aliphatic carbocycles. The fraction of sp³-hybridized carbons (Fsp3) is 0. The minimum atomic E-state index is -0.924. The Labute approximate surface area is 60.1 Å². The Morgan fingerprint density at radius 2 is 2.09 bits per heavy atom. The molecule has 8 heteroatoms. The van der Waals surface area contributed by atoms with Crippen molar-refractivity contribution in [2.24, 2.45) is 11.5 Å². The lowest BCUT2D eigenvalue weighted by Gasteiger charge is -1.83. The number of H-pyrrole nitrogens is 1. The average Bonchev–Trinajstić information content (AvgIpc) is 2.32. The predicted molar refractivity (Wildman–Crippen MR) is 30.1 cm³/mol.